The maximum atomic E-state index is 11.6. The summed E-state index contributed by atoms with van der Waals surface area (Å²) in [5.74, 6) is 0.0368. The number of aromatic nitrogens is 2. The maximum Gasteiger partial charge on any atom is 0.221 e. The molecule has 3 N–H and O–H groups in total. The maximum absolute atomic E-state index is 11.6. The molecule has 6 heteroatoms. The second kappa shape index (κ2) is 8.01. The lowest BCUT2D eigenvalue weighted by molar-refractivity contribution is -0.121. The zero-order valence-corrected chi connectivity index (χ0v) is 11.8. The van der Waals surface area contributed by atoms with E-state index in [4.69, 9.17) is 10.5 Å². The Morgan fingerprint density at radius 3 is 2.90 bits per heavy atom. The largest absolute Gasteiger partial charge is 0.376 e. The summed E-state index contributed by atoms with van der Waals surface area (Å²) in [6.07, 6.45) is 8.48. The summed E-state index contributed by atoms with van der Waals surface area (Å²) in [5, 5.41) is 6.92. The highest BCUT2D eigenvalue weighted by molar-refractivity contribution is 5.75. The van der Waals surface area contributed by atoms with E-state index in [0.29, 0.717) is 38.3 Å². The average molecular weight is 280 g/mol. The summed E-state index contributed by atoms with van der Waals surface area (Å²) in [4.78, 5) is 11.6. The van der Waals surface area contributed by atoms with E-state index in [9.17, 15) is 4.79 Å². The van der Waals surface area contributed by atoms with Gasteiger partial charge in [0.25, 0.3) is 0 Å². The first-order chi connectivity index (χ1) is 9.74. The van der Waals surface area contributed by atoms with Crippen LogP contribution in [0.4, 0.5) is 0 Å². The first kappa shape index (κ1) is 15.0. The zero-order valence-electron chi connectivity index (χ0n) is 11.8. The van der Waals surface area contributed by atoms with Gasteiger partial charge >= 0.3 is 0 Å². The number of hydrogen-bond acceptors (Lipinski definition) is 4. The molecule has 1 saturated carbocycles. The van der Waals surface area contributed by atoms with Crippen LogP contribution in [0.2, 0.25) is 0 Å². The van der Waals surface area contributed by atoms with Gasteiger partial charge in [-0.05, 0) is 31.7 Å². The first-order valence-corrected chi connectivity index (χ1v) is 7.35. The van der Waals surface area contributed by atoms with Crippen LogP contribution >= 0.6 is 0 Å². The highest BCUT2D eigenvalue weighted by Gasteiger charge is 2.18. The van der Waals surface area contributed by atoms with Crippen LogP contribution in [-0.4, -0.2) is 41.0 Å². The van der Waals surface area contributed by atoms with E-state index >= 15 is 0 Å². The smallest absolute Gasteiger partial charge is 0.221 e. The van der Waals surface area contributed by atoms with Crippen LogP contribution in [0.25, 0.3) is 0 Å². The van der Waals surface area contributed by atoms with Gasteiger partial charge < -0.3 is 15.8 Å². The van der Waals surface area contributed by atoms with Gasteiger partial charge in [-0.2, -0.15) is 5.10 Å². The minimum atomic E-state index is 0.0368. The monoisotopic (exact) mass is 280 g/mol. The third kappa shape index (κ3) is 5.30. The van der Waals surface area contributed by atoms with Crippen LogP contribution in [0.5, 0.6) is 0 Å². The SMILES string of the molecule is NC1CCC(OCCNC(=O)CCn2cccn2)CC1. The number of nitrogens with zero attached hydrogens (tertiary/aromatic N) is 2. The van der Waals surface area contributed by atoms with Crippen LogP contribution in [0.3, 0.4) is 0 Å². The van der Waals surface area contributed by atoms with Crippen LogP contribution in [0.15, 0.2) is 18.5 Å². The van der Waals surface area contributed by atoms with Crippen molar-refractivity contribution in [2.45, 2.75) is 50.8 Å². The van der Waals surface area contributed by atoms with Gasteiger partial charge in [0.2, 0.25) is 5.91 Å². The van der Waals surface area contributed by atoms with Gasteiger partial charge in [0.15, 0.2) is 0 Å². The third-order valence-electron chi connectivity index (χ3n) is 3.62. The van der Waals surface area contributed by atoms with Crippen molar-refractivity contribution in [1.29, 1.82) is 0 Å². The molecule has 1 fully saturated rings. The molecule has 0 spiro atoms. The average Bonchev–Trinajstić information content (AvgIpc) is 2.96. The van der Waals surface area contributed by atoms with Crippen LogP contribution in [-0.2, 0) is 16.1 Å². The second-order valence-corrected chi connectivity index (χ2v) is 5.28. The molecule has 0 atom stereocenters. The van der Waals surface area contributed by atoms with E-state index in [-0.39, 0.29) is 5.91 Å². The number of aryl methyl sites for hydroxylation is 1. The molecular weight excluding hydrogens is 256 g/mol. The van der Waals surface area contributed by atoms with E-state index in [1.807, 2.05) is 12.3 Å². The molecular formula is C14H24N4O2. The fraction of sp³-hybridized carbons (Fsp3) is 0.714. The second-order valence-electron chi connectivity index (χ2n) is 5.28. The van der Waals surface area contributed by atoms with Gasteiger partial charge in [-0.3, -0.25) is 9.48 Å². The Morgan fingerprint density at radius 1 is 1.40 bits per heavy atom. The lowest BCUT2D eigenvalue weighted by Crippen LogP contribution is -2.33. The van der Waals surface area contributed by atoms with Crippen LogP contribution in [0.1, 0.15) is 32.1 Å². The minimum absolute atomic E-state index is 0.0368. The van der Waals surface area contributed by atoms with Crippen molar-refractivity contribution in [3.05, 3.63) is 18.5 Å². The number of nitrogens with one attached hydrogen (secondary N) is 1. The fourth-order valence-electron chi connectivity index (χ4n) is 2.41. The Labute approximate surface area is 119 Å². The van der Waals surface area contributed by atoms with Crippen molar-refractivity contribution in [1.82, 2.24) is 15.1 Å². The first-order valence-electron chi connectivity index (χ1n) is 7.35. The highest BCUT2D eigenvalue weighted by atomic mass is 16.5. The fourth-order valence-corrected chi connectivity index (χ4v) is 2.41. The Balaban J connectivity index is 1.49. The molecule has 0 aliphatic heterocycles. The summed E-state index contributed by atoms with van der Waals surface area (Å²) in [6, 6.07) is 2.19. The lowest BCUT2D eigenvalue weighted by atomic mass is 9.94. The van der Waals surface area contributed by atoms with E-state index in [0.717, 1.165) is 25.7 Å². The molecule has 2 rings (SSSR count). The Bertz CT molecular complexity index is 386. The highest BCUT2D eigenvalue weighted by Crippen LogP contribution is 2.19. The van der Waals surface area contributed by atoms with E-state index in [1.54, 1.807) is 10.9 Å². The molecule has 1 aliphatic rings. The van der Waals surface area contributed by atoms with Gasteiger partial charge in [-0.25, -0.2) is 0 Å². The van der Waals surface area contributed by atoms with Gasteiger partial charge in [0.1, 0.15) is 0 Å². The molecule has 0 bridgehead atoms. The van der Waals surface area contributed by atoms with Crippen molar-refractivity contribution in [3.8, 4) is 0 Å². The third-order valence-corrected chi connectivity index (χ3v) is 3.62. The van der Waals surface area contributed by atoms with Crippen LogP contribution in [0, 0.1) is 0 Å². The number of amides is 1. The molecule has 0 radical (unpaired) electrons. The Kier molecular flexibility index (Phi) is 6.01. The van der Waals surface area contributed by atoms with E-state index in [2.05, 4.69) is 10.4 Å². The van der Waals surface area contributed by atoms with Gasteiger partial charge in [-0.1, -0.05) is 0 Å². The predicted octanol–water partition coefficient (Wildman–Crippen LogP) is 0.676. The number of ether oxygens (including phenoxy) is 1. The van der Waals surface area contributed by atoms with Crippen molar-refractivity contribution in [2.75, 3.05) is 13.2 Å². The quantitative estimate of drug-likeness (QED) is 0.719. The molecule has 0 unspecified atom stereocenters. The van der Waals surface area contributed by atoms with Gasteiger partial charge in [-0.15, -0.1) is 0 Å². The van der Waals surface area contributed by atoms with E-state index < -0.39 is 0 Å². The molecule has 0 saturated heterocycles. The summed E-state index contributed by atoms with van der Waals surface area (Å²) in [6.45, 7) is 1.76. The number of nitrogens with two attached hydrogens (primary N) is 1. The standard InChI is InChI=1S/C14H24N4O2/c15-12-2-4-13(5-3-12)20-11-8-16-14(19)6-10-18-9-1-7-17-18/h1,7,9,12-13H,2-6,8,10-11,15H2,(H,16,19). The summed E-state index contributed by atoms with van der Waals surface area (Å²) < 4.78 is 7.50. The Hall–Kier alpha value is -1.40. The minimum Gasteiger partial charge on any atom is -0.376 e. The van der Waals surface area contributed by atoms with Crippen LogP contribution < -0.4 is 11.1 Å². The normalized spacial score (nSPS) is 22.6. The topological polar surface area (TPSA) is 82.2 Å². The Morgan fingerprint density at radius 2 is 2.20 bits per heavy atom. The lowest BCUT2D eigenvalue weighted by Gasteiger charge is -2.26. The molecule has 20 heavy (non-hydrogen) atoms. The number of hydrogen-bond donors (Lipinski definition) is 2. The predicted molar refractivity (Wildman–Crippen MR) is 76.0 cm³/mol. The molecule has 112 valence electrons. The number of carbonyl (C=O) groups is 1. The molecule has 1 aromatic rings. The molecule has 6 nitrogen and oxygen atoms in total. The molecule has 1 amide bonds. The van der Waals surface area contributed by atoms with E-state index in [1.165, 1.54) is 0 Å². The zero-order chi connectivity index (χ0) is 14.2. The van der Waals surface area contributed by atoms with Gasteiger partial charge in [0.05, 0.1) is 12.7 Å². The molecule has 1 aliphatic carbocycles. The summed E-state index contributed by atoms with van der Waals surface area (Å²) in [7, 11) is 0. The van der Waals surface area contributed by atoms with Crippen molar-refractivity contribution < 1.29 is 9.53 Å². The molecule has 1 aromatic heterocycles. The van der Waals surface area contributed by atoms with Crippen molar-refractivity contribution in [2.24, 2.45) is 5.73 Å². The van der Waals surface area contributed by atoms with Gasteiger partial charge in [0, 0.05) is 37.9 Å². The van der Waals surface area contributed by atoms with Crippen molar-refractivity contribution >= 4 is 5.91 Å². The molecule has 0 aromatic carbocycles. The number of carbonyl (C=O) groups excluding carboxylic acids is 1. The summed E-state index contributed by atoms with van der Waals surface area (Å²) in [5.41, 5.74) is 5.85. The summed E-state index contributed by atoms with van der Waals surface area (Å²) >= 11 is 0. The van der Waals surface area contributed by atoms with Crippen molar-refractivity contribution in [3.63, 3.8) is 0 Å². The molecule has 1 heterocycles. The number of rotatable bonds is 7.